The van der Waals surface area contributed by atoms with Crippen LogP contribution in [0.15, 0.2) is 53.0 Å². The molecule has 3 heteroatoms. The normalized spacial score (nSPS) is 13.8. The van der Waals surface area contributed by atoms with E-state index in [4.69, 9.17) is 10.5 Å². The second kappa shape index (κ2) is 6.91. The van der Waals surface area contributed by atoms with Crippen molar-refractivity contribution >= 4 is 15.9 Å². The zero-order valence-electron chi connectivity index (χ0n) is 11.8. The van der Waals surface area contributed by atoms with Crippen LogP contribution in [0, 0.1) is 0 Å². The molecular weight excluding hydrogens is 314 g/mol. The maximum Gasteiger partial charge on any atom is 0.134 e. The molecule has 2 unspecified atom stereocenters. The molecule has 106 valence electrons. The first-order valence-electron chi connectivity index (χ1n) is 6.82. The van der Waals surface area contributed by atoms with Gasteiger partial charge in [-0.15, -0.1) is 0 Å². The Labute approximate surface area is 129 Å². The van der Waals surface area contributed by atoms with Crippen LogP contribution in [-0.4, -0.2) is 6.04 Å². The molecule has 2 atom stereocenters. The van der Waals surface area contributed by atoms with Crippen LogP contribution in [0.4, 0.5) is 0 Å². The van der Waals surface area contributed by atoms with Crippen molar-refractivity contribution in [2.24, 2.45) is 5.73 Å². The maximum atomic E-state index is 6.01. The van der Waals surface area contributed by atoms with Crippen molar-refractivity contribution in [3.63, 3.8) is 0 Å². The monoisotopic (exact) mass is 333 g/mol. The average Bonchev–Trinajstić information content (AvgIpc) is 2.42. The molecule has 2 aromatic carbocycles. The third kappa shape index (κ3) is 4.09. The van der Waals surface area contributed by atoms with E-state index in [1.54, 1.807) is 0 Å². The molecule has 0 saturated carbocycles. The summed E-state index contributed by atoms with van der Waals surface area (Å²) in [6.07, 6.45) is 0.888. The molecule has 0 heterocycles. The summed E-state index contributed by atoms with van der Waals surface area (Å²) >= 11 is 3.57. The van der Waals surface area contributed by atoms with Crippen molar-refractivity contribution in [2.45, 2.75) is 32.4 Å². The van der Waals surface area contributed by atoms with E-state index in [0.717, 1.165) is 16.6 Å². The summed E-state index contributed by atoms with van der Waals surface area (Å²) < 4.78 is 6.98. The van der Waals surface area contributed by atoms with Crippen LogP contribution >= 0.6 is 15.9 Å². The number of nitrogens with two attached hydrogens (primary N) is 1. The van der Waals surface area contributed by atoms with Gasteiger partial charge < -0.3 is 10.5 Å². The van der Waals surface area contributed by atoms with E-state index in [9.17, 15) is 0 Å². The van der Waals surface area contributed by atoms with Gasteiger partial charge in [-0.05, 0) is 59.5 Å². The minimum Gasteiger partial charge on any atom is -0.485 e. The second-order valence-corrected chi connectivity index (χ2v) is 5.97. The number of ether oxygens (including phenoxy) is 1. The van der Waals surface area contributed by atoms with Crippen molar-refractivity contribution in [3.8, 4) is 5.75 Å². The quantitative estimate of drug-likeness (QED) is 0.875. The Kier molecular flexibility index (Phi) is 5.21. The van der Waals surface area contributed by atoms with Gasteiger partial charge in [0.25, 0.3) is 0 Å². The lowest BCUT2D eigenvalue weighted by atomic mass is 10.1. The van der Waals surface area contributed by atoms with Gasteiger partial charge in [0, 0.05) is 6.04 Å². The summed E-state index contributed by atoms with van der Waals surface area (Å²) in [4.78, 5) is 0. The van der Waals surface area contributed by atoms with E-state index < -0.39 is 0 Å². The Morgan fingerprint density at radius 3 is 2.40 bits per heavy atom. The third-order valence-electron chi connectivity index (χ3n) is 3.13. The van der Waals surface area contributed by atoms with E-state index in [2.05, 4.69) is 47.1 Å². The standard InChI is InChI=1S/C17H20BrNO/c1-12(19)10-14-8-9-17(16(18)11-14)20-13(2)15-6-4-3-5-7-15/h3-9,11-13H,10,19H2,1-2H3. The predicted molar refractivity (Wildman–Crippen MR) is 87.0 cm³/mol. The van der Waals surface area contributed by atoms with E-state index in [0.29, 0.717) is 0 Å². The molecule has 20 heavy (non-hydrogen) atoms. The fourth-order valence-corrected chi connectivity index (χ4v) is 2.64. The van der Waals surface area contributed by atoms with E-state index >= 15 is 0 Å². The first kappa shape index (κ1) is 15.1. The Bertz CT molecular complexity index is 554. The van der Waals surface area contributed by atoms with E-state index in [1.807, 2.05) is 31.2 Å². The highest BCUT2D eigenvalue weighted by molar-refractivity contribution is 9.10. The van der Waals surface area contributed by atoms with E-state index in [-0.39, 0.29) is 12.1 Å². The zero-order valence-corrected chi connectivity index (χ0v) is 13.4. The summed E-state index contributed by atoms with van der Waals surface area (Å²) in [5, 5.41) is 0. The van der Waals surface area contributed by atoms with E-state index in [1.165, 1.54) is 11.1 Å². The summed E-state index contributed by atoms with van der Waals surface area (Å²) in [5.41, 5.74) is 8.20. The Balaban J connectivity index is 2.10. The predicted octanol–water partition coefficient (Wildman–Crippen LogP) is 4.48. The molecule has 0 spiro atoms. The highest BCUT2D eigenvalue weighted by Crippen LogP contribution is 2.30. The third-order valence-corrected chi connectivity index (χ3v) is 3.75. The molecule has 0 fully saturated rings. The fourth-order valence-electron chi connectivity index (χ4n) is 2.12. The summed E-state index contributed by atoms with van der Waals surface area (Å²) in [7, 11) is 0. The SMILES string of the molecule is CC(N)Cc1ccc(OC(C)c2ccccc2)c(Br)c1. The lowest BCUT2D eigenvalue weighted by Gasteiger charge is -2.17. The molecule has 0 bridgehead atoms. The molecule has 0 saturated heterocycles. The van der Waals surface area contributed by atoms with Crippen LogP contribution in [0.5, 0.6) is 5.75 Å². The van der Waals surface area contributed by atoms with Crippen molar-refractivity contribution in [2.75, 3.05) is 0 Å². The molecular formula is C17H20BrNO. The molecule has 2 rings (SSSR count). The van der Waals surface area contributed by atoms with Crippen LogP contribution in [0.1, 0.15) is 31.1 Å². The number of halogens is 1. The smallest absolute Gasteiger partial charge is 0.134 e. The Morgan fingerprint density at radius 1 is 1.10 bits per heavy atom. The molecule has 0 aliphatic heterocycles. The van der Waals surface area contributed by atoms with Crippen molar-refractivity contribution in [3.05, 3.63) is 64.1 Å². The molecule has 0 radical (unpaired) electrons. The topological polar surface area (TPSA) is 35.2 Å². The minimum absolute atomic E-state index is 0.0202. The second-order valence-electron chi connectivity index (χ2n) is 5.12. The van der Waals surface area contributed by atoms with Gasteiger partial charge >= 0.3 is 0 Å². The molecule has 0 amide bonds. The molecule has 0 aliphatic carbocycles. The number of hydrogen-bond donors (Lipinski definition) is 1. The van der Waals surface area contributed by atoms with Gasteiger partial charge in [0.1, 0.15) is 11.9 Å². The number of rotatable bonds is 5. The van der Waals surface area contributed by atoms with Crippen LogP contribution in [0.3, 0.4) is 0 Å². The van der Waals surface area contributed by atoms with Gasteiger partial charge in [-0.2, -0.15) is 0 Å². The minimum atomic E-state index is 0.0202. The lowest BCUT2D eigenvalue weighted by Crippen LogP contribution is -2.17. The van der Waals surface area contributed by atoms with Gasteiger partial charge in [0.2, 0.25) is 0 Å². The summed E-state index contributed by atoms with van der Waals surface area (Å²) in [5.74, 6) is 0.856. The van der Waals surface area contributed by atoms with Gasteiger partial charge in [0.15, 0.2) is 0 Å². The number of hydrogen-bond acceptors (Lipinski definition) is 2. The Morgan fingerprint density at radius 2 is 1.80 bits per heavy atom. The van der Waals surface area contributed by atoms with Crippen LogP contribution in [0.2, 0.25) is 0 Å². The maximum absolute atomic E-state index is 6.01. The van der Waals surface area contributed by atoms with Crippen LogP contribution in [0.25, 0.3) is 0 Å². The number of benzene rings is 2. The van der Waals surface area contributed by atoms with Gasteiger partial charge in [-0.3, -0.25) is 0 Å². The highest BCUT2D eigenvalue weighted by atomic mass is 79.9. The molecule has 0 aliphatic rings. The Hall–Kier alpha value is -1.32. The van der Waals surface area contributed by atoms with Gasteiger partial charge in [0.05, 0.1) is 4.47 Å². The fraction of sp³-hybridized carbons (Fsp3) is 0.294. The lowest BCUT2D eigenvalue weighted by molar-refractivity contribution is 0.225. The zero-order chi connectivity index (χ0) is 14.5. The van der Waals surface area contributed by atoms with Crippen LogP contribution < -0.4 is 10.5 Å². The van der Waals surface area contributed by atoms with Gasteiger partial charge in [-0.1, -0.05) is 36.4 Å². The largest absolute Gasteiger partial charge is 0.485 e. The molecule has 2 aromatic rings. The molecule has 2 N–H and O–H groups in total. The average molecular weight is 334 g/mol. The van der Waals surface area contributed by atoms with Crippen LogP contribution in [-0.2, 0) is 6.42 Å². The molecule has 0 aromatic heterocycles. The first-order valence-corrected chi connectivity index (χ1v) is 7.61. The first-order chi connectivity index (χ1) is 9.56. The summed E-state index contributed by atoms with van der Waals surface area (Å²) in [6.45, 7) is 4.06. The van der Waals surface area contributed by atoms with Crippen molar-refractivity contribution in [1.82, 2.24) is 0 Å². The highest BCUT2D eigenvalue weighted by Gasteiger charge is 2.10. The van der Waals surface area contributed by atoms with Crippen molar-refractivity contribution in [1.29, 1.82) is 0 Å². The molecule has 2 nitrogen and oxygen atoms in total. The van der Waals surface area contributed by atoms with Gasteiger partial charge in [-0.25, -0.2) is 0 Å². The van der Waals surface area contributed by atoms with Crippen molar-refractivity contribution < 1.29 is 4.74 Å². The summed E-state index contributed by atoms with van der Waals surface area (Å²) in [6, 6.07) is 16.5.